The Hall–Kier alpha value is -0.120. The van der Waals surface area contributed by atoms with Crippen LogP contribution in [0.25, 0.3) is 0 Å². The van der Waals surface area contributed by atoms with Crippen LogP contribution in [0.1, 0.15) is 19.8 Å². The van der Waals surface area contributed by atoms with Crippen molar-refractivity contribution in [2.24, 2.45) is 11.8 Å². The number of hydrogen-bond acceptors (Lipinski definition) is 3. The molecule has 2 rings (SSSR count). The lowest BCUT2D eigenvalue weighted by molar-refractivity contribution is 0.187. The molecule has 0 aromatic rings. The van der Waals surface area contributed by atoms with Gasteiger partial charge in [-0.15, -0.1) is 0 Å². The van der Waals surface area contributed by atoms with Crippen LogP contribution in [0.3, 0.4) is 0 Å². The van der Waals surface area contributed by atoms with Crippen molar-refractivity contribution in [1.29, 1.82) is 0 Å². The van der Waals surface area contributed by atoms with Crippen molar-refractivity contribution in [3.05, 3.63) is 0 Å². The monoisotopic (exact) mass is 225 g/mol. The van der Waals surface area contributed by atoms with E-state index in [2.05, 4.69) is 29.1 Å². The smallest absolute Gasteiger partial charge is 0.00225 e. The standard InChI is InChI=1S/C13H27N3/c1-12-8-14-5-3-6-16(9-12)11-13-4-7-15(2)10-13/h12-14H,3-11H2,1-2H3. The average Bonchev–Trinajstić information content (AvgIpc) is 2.60. The lowest BCUT2D eigenvalue weighted by Gasteiger charge is -2.30. The molecule has 3 nitrogen and oxygen atoms in total. The summed E-state index contributed by atoms with van der Waals surface area (Å²) in [5.74, 6) is 1.73. The molecule has 0 aromatic carbocycles. The molecule has 0 bridgehead atoms. The van der Waals surface area contributed by atoms with E-state index in [4.69, 9.17) is 0 Å². The molecule has 94 valence electrons. The normalized spacial score (nSPS) is 34.9. The van der Waals surface area contributed by atoms with E-state index in [1.54, 1.807) is 0 Å². The van der Waals surface area contributed by atoms with Crippen LogP contribution in [-0.2, 0) is 0 Å². The number of nitrogens with one attached hydrogen (secondary N) is 1. The maximum atomic E-state index is 3.52. The number of nitrogens with zero attached hydrogens (tertiary/aromatic N) is 2. The van der Waals surface area contributed by atoms with E-state index in [0.717, 1.165) is 11.8 Å². The van der Waals surface area contributed by atoms with Crippen molar-refractivity contribution in [2.75, 3.05) is 52.9 Å². The summed E-state index contributed by atoms with van der Waals surface area (Å²) < 4.78 is 0. The van der Waals surface area contributed by atoms with E-state index in [1.165, 1.54) is 58.7 Å². The van der Waals surface area contributed by atoms with Gasteiger partial charge >= 0.3 is 0 Å². The van der Waals surface area contributed by atoms with Gasteiger partial charge in [0.2, 0.25) is 0 Å². The molecule has 2 atom stereocenters. The third kappa shape index (κ3) is 3.72. The molecule has 2 unspecified atom stereocenters. The first kappa shape index (κ1) is 12.3. The van der Waals surface area contributed by atoms with Crippen molar-refractivity contribution in [1.82, 2.24) is 15.1 Å². The summed E-state index contributed by atoms with van der Waals surface area (Å²) in [6.45, 7) is 11.3. The first-order chi connectivity index (χ1) is 7.74. The van der Waals surface area contributed by atoms with Gasteiger partial charge in [0, 0.05) is 19.6 Å². The van der Waals surface area contributed by atoms with E-state index in [1.807, 2.05) is 0 Å². The number of hydrogen-bond donors (Lipinski definition) is 1. The minimum Gasteiger partial charge on any atom is -0.316 e. The Labute approximate surface area is 100 Å². The molecule has 16 heavy (non-hydrogen) atoms. The summed E-state index contributed by atoms with van der Waals surface area (Å²) in [4.78, 5) is 5.18. The summed E-state index contributed by atoms with van der Waals surface area (Å²) in [6, 6.07) is 0. The first-order valence-electron chi connectivity index (χ1n) is 6.85. The topological polar surface area (TPSA) is 18.5 Å². The Bertz CT molecular complexity index is 207. The van der Waals surface area contributed by atoms with E-state index in [-0.39, 0.29) is 0 Å². The van der Waals surface area contributed by atoms with Crippen LogP contribution in [0.5, 0.6) is 0 Å². The van der Waals surface area contributed by atoms with Crippen LogP contribution >= 0.6 is 0 Å². The molecular formula is C13H27N3. The maximum absolute atomic E-state index is 3.52. The van der Waals surface area contributed by atoms with Gasteiger partial charge in [-0.2, -0.15) is 0 Å². The SMILES string of the molecule is CC1CNCCCN(CC2CCN(C)C2)C1. The van der Waals surface area contributed by atoms with Crippen LogP contribution in [0.2, 0.25) is 0 Å². The summed E-state index contributed by atoms with van der Waals surface area (Å²) >= 11 is 0. The fourth-order valence-corrected chi connectivity index (χ4v) is 3.08. The van der Waals surface area contributed by atoms with Gasteiger partial charge in [-0.1, -0.05) is 6.92 Å². The second-order valence-corrected chi connectivity index (χ2v) is 5.84. The van der Waals surface area contributed by atoms with Gasteiger partial charge in [-0.25, -0.2) is 0 Å². The first-order valence-corrected chi connectivity index (χ1v) is 6.85. The Morgan fingerprint density at radius 3 is 2.88 bits per heavy atom. The van der Waals surface area contributed by atoms with Crippen LogP contribution < -0.4 is 5.32 Å². The van der Waals surface area contributed by atoms with Crippen LogP contribution in [0.4, 0.5) is 0 Å². The van der Waals surface area contributed by atoms with Gasteiger partial charge in [-0.05, 0) is 57.9 Å². The second-order valence-electron chi connectivity index (χ2n) is 5.84. The summed E-state index contributed by atoms with van der Waals surface area (Å²) in [6.07, 6.45) is 2.72. The highest BCUT2D eigenvalue weighted by Gasteiger charge is 2.23. The average molecular weight is 225 g/mol. The third-order valence-electron chi connectivity index (χ3n) is 3.90. The molecule has 0 amide bonds. The molecule has 0 spiro atoms. The predicted octanol–water partition coefficient (Wildman–Crippen LogP) is 0.870. The van der Waals surface area contributed by atoms with Gasteiger partial charge in [0.15, 0.2) is 0 Å². The molecule has 0 radical (unpaired) electrons. The van der Waals surface area contributed by atoms with Gasteiger partial charge in [0.05, 0.1) is 0 Å². The van der Waals surface area contributed by atoms with Gasteiger partial charge in [0.25, 0.3) is 0 Å². The fraction of sp³-hybridized carbons (Fsp3) is 1.00. The molecule has 1 N–H and O–H groups in total. The summed E-state index contributed by atoms with van der Waals surface area (Å²) in [5, 5.41) is 3.52. The molecule has 2 heterocycles. The highest BCUT2D eigenvalue weighted by atomic mass is 15.2. The molecule has 2 saturated heterocycles. The van der Waals surface area contributed by atoms with E-state index >= 15 is 0 Å². The lowest BCUT2D eigenvalue weighted by atomic mass is 10.1. The second kappa shape index (κ2) is 5.99. The van der Waals surface area contributed by atoms with E-state index < -0.39 is 0 Å². The Morgan fingerprint density at radius 1 is 1.25 bits per heavy atom. The van der Waals surface area contributed by atoms with Crippen LogP contribution in [0.15, 0.2) is 0 Å². The Balaban J connectivity index is 1.77. The zero-order valence-corrected chi connectivity index (χ0v) is 10.9. The molecule has 2 fully saturated rings. The molecule has 2 aliphatic heterocycles. The minimum absolute atomic E-state index is 0.805. The zero-order valence-electron chi connectivity index (χ0n) is 10.9. The van der Waals surface area contributed by atoms with Crippen LogP contribution in [0, 0.1) is 11.8 Å². The highest BCUT2D eigenvalue weighted by molar-refractivity contribution is 4.78. The lowest BCUT2D eigenvalue weighted by Crippen LogP contribution is -2.41. The number of likely N-dealkylation sites (tertiary alicyclic amines) is 1. The molecule has 0 aromatic heterocycles. The van der Waals surface area contributed by atoms with Crippen molar-refractivity contribution in [3.8, 4) is 0 Å². The molecule has 2 aliphatic rings. The molecule has 3 heteroatoms. The fourth-order valence-electron chi connectivity index (χ4n) is 3.08. The van der Waals surface area contributed by atoms with Gasteiger partial charge < -0.3 is 15.1 Å². The van der Waals surface area contributed by atoms with Crippen molar-refractivity contribution in [3.63, 3.8) is 0 Å². The summed E-state index contributed by atoms with van der Waals surface area (Å²) in [5.41, 5.74) is 0. The maximum Gasteiger partial charge on any atom is 0.00225 e. The summed E-state index contributed by atoms with van der Waals surface area (Å²) in [7, 11) is 2.25. The van der Waals surface area contributed by atoms with Gasteiger partial charge in [0.1, 0.15) is 0 Å². The van der Waals surface area contributed by atoms with Gasteiger partial charge in [-0.3, -0.25) is 0 Å². The quantitative estimate of drug-likeness (QED) is 0.752. The zero-order chi connectivity index (χ0) is 11.4. The molecule has 0 aliphatic carbocycles. The number of rotatable bonds is 2. The minimum atomic E-state index is 0.805. The van der Waals surface area contributed by atoms with Crippen molar-refractivity contribution >= 4 is 0 Å². The Morgan fingerprint density at radius 2 is 2.12 bits per heavy atom. The third-order valence-corrected chi connectivity index (χ3v) is 3.90. The van der Waals surface area contributed by atoms with Crippen LogP contribution in [-0.4, -0.2) is 62.7 Å². The Kier molecular flexibility index (Phi) is 4.62. The van der Waals surface area contributed by atoms with E-state index in [9.17, 15) is 0 Å². The molecular weight excluding hydrogens is 198 g/mol. The van der Waals surface area contributed by atoms with Crippen molar-refractivity contribution < 1.29 is 0 Å². The largest absolute Gasteiger partial charge is 0.316 e. The predicted molar refractivity (Wildman–Crippen MR) is 68.7 cm³/mol. The van der Waals surface area contributed by atoms with Crippen molar-refractivity contribution in [2.45, 2.75) is 19.8 Å². The molecule has 0 saturated carbocycles. The van der Waals surface area contributed by atoms with E-state index in [0.29, 0.717) is 0 Å². The highest BCUT2D eigenvalue weighted by Crippen LogP contribution is 2.17.